The first-order valence-corrected chi connectivity index (χ1v) is 12.1. The molecule has 2 aliphatic carbocycles. The first kappa shape index (κ1) is 27.0. The molecule has 1 heterocycles. The molecule has 0 aliphatic heterocycles. The molecule has 2 saturated carbocycles. The molecular formula is C25H29F6N5O. The van der Waals surface area contributed by atoms with Crippen molar-refractivity contribution in [2.45, 2.75) is 69.4 Å². The van der Waals surface area contributed by atoms with Crippen molar-refractivity contribution in [1.29, 1.82) is 0 Å². The number of hydrogen-bond donors (Lipinski definition) is 2. The van der Waals surface area contributed by atoms with Gasteiger partial charge >= 0.3 is 12.4 Å². The lowest BCUT2D eigenvalue weighted by Crippen LogP contribution is -2.41. The van der Waals surface area contributed by atoms with E-state index in [2.05, 4.69) is 20.6 Å². The van der Waals surface area contributed by atoms with Crippen molar-refractivity contribution < 1.29 is 31.1 Å². The van der Waals surface area contributed by atoms with Gasteiger partial charge in [-0.2, -0.15) is 31.3 Å². The van der Waals surface area contributed by atoms with Gasteiger partial charge in [-0.15, -0.1) is 0 Å². The molecule has 2 aromatic rings. The highest BCUT2D eigenvalue weighted by Gasteiger charge is 2.46. The molecular weight excluding hydrogens is 500 g/mol. The molecule has 1 amide bonds. The summed E-state index contributed by atoms with van der Waals surface area (Å²) in [5.41, 5.74) is -1.86. The average molecular weight is 530 g/mol. The van der Waals surface area contributed by atoms with E-state index in [1.165, 1.54) is 0 Å². The summed E-state index contributed by atoms with van der Waals surface area (Å²) < 4.78 is 79.0. The predicted octanol–water partition coefficient (Wildman–Crippen LogP) is 5.53. The molecule has 2 aliphatic rings. The van der Waals surface area contributed by atoms with Crippen molar-refractivity contribution in [3.05, 3.63) is 46.6 Å². The van der Waals surface area contributed by atoms with Crippen LogP contribution in [-0.2, 0) is 17.1 Å². The lowest BCUT2D eigenvalue weighted by molar-refractivity contribution is -0.143. The Labute approximate surface area is 210 Å². The van der Waals surface area contributed by atoms with E-state index in [0.717, 1.165) is 36.4 Å². The Kier molecular flexibility index (Phi) is 7.31. The number of aryl methyl sites for hydroxylation is 1. The smallest absolute Gasteiger partial charge is 0.362 e. The number of carbonyl (C=O) groups excluding carboxylic acids is 1. The summed E-state index contributed by atoms with van der Waals surface area (Å²) in [6.07, 6.45) is -4.94. The maximum Gasteiger partial charge on any atom is 0.416 e. The number of nitrogens with one attached hydrogen (secondary N) is 2. The molecule has 0 bridgehead atoms. The molecule has 12 heteroatoms. The molecule has 0 spiro atoms. The second-order valence-electron chi connectivity index (χ2n) is 10.1. The van der Waals surface area contributed by atoms with Crippen LogP contribution in [-0.4, -0.2) is 42.1 Å². The second-order valence-corrected chi connectivity index (χ2v) is 10.1. The summed E-state index contributed by atoms with van der Waals surface area (Å²) in [6.45, 7) is 1.93. The van der Waals surface area contributed by atoms with Crippen molar-refractivity contribution >= 4 is 17.7 Å². The highest BCUT2D eigenvalue weighted by atomic mass is 19.4. The van der Waals surface area contributed by atoms with Gasteiger partial charge in [-0.3, -0.25) is 4.79 Å². The van der Waals surface area contributed by atoms with Crippen molar-refractivity contribution in [2.24, 2.45) is 5.92 Å². The number of rotatable bonds is 6. The maximum atomic E-state index is 13.2. The Hall–Kier alpha value is -3.05. The van der Waals surface area contributed by atoms with E-state index in [0.29, 0.717) is 18.8 Å². The van der Waals surface area contributed by atoms with Gasteiger partial charge in [0, 0.05) is 43.9 Å². The number of anilines is 2. The van der Waals surface area contributed by atoms with Gasteiger partial charge in [0.05, 0.1) is 11.1 Å². The maximum absolute atomic E-state index is 13.2. The first-order valence-electron chi connectivity index (χ1n) is 12.1. The standard InChI is InChI=1S/C25H29F6N5O/c1-13-12-32-23(35-21(13)36(2)3)34-18-6-4-17(5-7-18)33-22(37)20-11-19(20)14-8-15(24(26,27)28)10-16(9-14)25(29,30)31/h8-10,12,17-20H,4-7,11H2,1-3H3,(H,33,37)(H,32,34,35)/t17-,18+,19-,20+/m0/s1. The lowest BCUT2D eigenvalue weighted by atomic mass is 9.91. The Bertz CT molecular complexity index is 1110. The van der Waals surface area contributed by atoms with Crippen LogP contribution in [0.5, 0.6) is 0 Å². The number of hydrogen-bond acceptors (Lipinski definition) is 5. The van der Waals surface area contributed by atoms with Crippen molar-refractivity contribution in [3.8, 4) is 0 Å². The van der Waals surface area contributed by atoms with Crippen LogP contribution in [0, 0.1) is 12.8 Å². The fourth-order valence-electron chi connectivity index (χ4n) is 4.87. The van der Waals surface area contributed by atoms with Gasteiger partial charge in [-0.05, 0) is 68.7 Å². The molecule has 2 fully saturated rings. The molecule has 4 rings (SSSR count). The monoisotopic (exact) mass is 529 g/mol. The predicted molar refractivity (Wildman–Crippen MR) is 126 cm³/mol. The third-order valence-corrected chi connectivity index (χ3v) is 6.94. The first-order chi connectivity index (χ1) is 17.2. The Morgan fingerprint density at radius 1 is 0.946 bits per heavy atom. The number of amides is 1. The van der Waals surface area contributed by atoms with Crippen LogP contribution >= 0.6 is 0 Å². The van der Waals surface area contributed by atoms with Crippen LogP contribution in [0.1, 0.15) is 60.3 Å². The minimum atomic E-state index is -4.91. The second kappa shape index (κ2) is 10.0. The summed E-state index contributed by atoms with van der Waals surface area (Å²) in [7, 11) is 3.80. The van der Waals surface area contributed by atoms with Crippen LogP contribution in [0.3, 0.4) is 0 Å². The zero-order valence-corrected chi connectivity index (χ0v) is 20.7. The number of nitrogens with zero attached hydrogens (tertiary/aromatic N) is 3. The minimum absolute atomic E-state index is 0.102. The van der Waals surface area contributed by atoms with E-state index >= 15 is 0 Å². The third-order valence-electron chi connectivity index (χ3n) is 6.94. The van der Waals surface area contributed by atoms with Crippen molar-refractivity contribution in [2.75, 3.05) is 24.3 Å². The highest BCUT2D eigenvalue weighted by Crippen LogP contribution is 2.50. The van der Waals surface area contributed by atoms with Gasteiger partial charge in [-0.25, -0.2) is 4.98 Å². The molecule has 37 heavy (non-hydrogen) atoms. The Balaban J connectivity index is 1.32. The Morgan fingerprint density at radius 3 is 2.05 bits per heavy atom. The number of alkyl halides is 6. The summed E-state index contributed by atoms with van der Waals surface area (Å²) >= 11 is 0. The van der Waals surface area contributed by atoms with Gasteiger partial charge in [-0.1, -0.05) is 0 Å². The fourth-order valence-corrected chi connectivity index (χ4v) is 4.87. The van der Waals surface area contributed by atoms with Crippen LogP contribution in [0.4, 0.5) is 38.1 Å². The molecule has 1 aromatic carbocycles. The van der Waals surface area contributed by atoms with Crippen molar-refractivity contribution in [3.63, 3.8) is 0 Å². The largest absolute Gasteiger partial charge is 0.416 e. The lowest BCUT2D eigenvalue weighted by Gasteiger charge is -2.30. The normalized spacial score (nSPS) is 23.9. The SMILES string of the molecule is Cc1cnc(N[C@H]2CC[C@@H](NC(=O)[C@@H]3C[C@H]3c3cc(C(F)(F)F)cc(C(F)(F)F)c3)CC2)nc1N(C)C. The summed E-state index contributed by atoms with van der Waals surface area (Å²) in [4.78, 5) is 23.5. The van der Waals surface area contributed by atoms with Crippen LogP contribution < -0.4 is 15.5 Å². The fraction of sp³-hybridized carbons (Fsp3) is 0.560. The van der Waals surface area contributed by atoms with E-state index < -0.39 is 35.3 Å². The molecule has 0 saturated heterocycles. The van der Waals surface area contributed by atoms with Gasteiger partial charge in [0.15, 0.2) is 0 Å². The summed E-state index contributed by atoms with van der Waals surface area (Å²) in [5.74, 6) is -0.274. The molecule has 1 aromatic heterocycles. The van der Waals surface area contributed by atoms with E-state index in [1.54, 1.807) is 6.20 Å². The van der Waals surface area contributed by atoms with Crippen molar-refractivity contribution in [1.82, 2.24) is 15.3 Å². The van der Waals surface area contributed by atoms with Gasteiger partial charge in [0.1, 0.15) is 5.82 Å². The van der Waals surface area contributed by atoms with Gasteiger partial charge in [0.2, 0.25) is 11.9 Å². The Morgan fingerprint density at radius 2 is 1.51 bits per heavy atom. The number of halogens is 6. The number of carbonyl (C=O) groups is 1. The zero-order chi connectivity index (χ0) is 27.1. The molecule has 2 N–H and O–H groups in total. The molecule has 202 valence electrons. The van der Waals surface area contributed by atoms with Gasteiger partial charge in [0.25, 0.3) is 0 Å². The summed E-state index contributed by atoms with van der Waals surface area (Å²) in [5, 5.41) is 6.27. The average Bonchev–Trinajstić information content (AvgIpc) is 3.61. The number of benzene rings is 1. The van der Waals surface area contributed by atoms with Crippen LogP contribution in [0.15, 0.2) is 24.4 Å². The van der Waals surface area contributed by atoms with E-state index in [9.17, 15) is 31.1 Å². The number of aromatic nitrogens is 2. The topological polar surface area (TPSA) is 70.1 Å². The van der Waals surface area contributed by atoms with E-state index in [-0.39, 0.29) is 36.0 Å². The molecule has 0 radical (unpaired) electrons. The van der Waals surface area contributed by atoms with E-state index in [1.807, 2.05) is 25.9 Å². The third kappa shape index (κ3) is 6.45. The molecule has 6 nitrogen and oxygen atoms in total. The molecule has 2 atom stereocenters. The van der Waals surface area contributed by atoms with E-state index in [4.69, 9.17) is 0 Å². The highest BCUT2D eigenvalue weighted by molar-refractivity contribution is 5.83. The minimum Gasteiger partial charge on any atom is -0.362 e. The zero-order valence-electron chi connectivity index (χ0n) is 20.7. The summed E-state index contributed by atoms with van der Waals surface area (Å²) in [6, 6.07) is 1.58. The quantitative estimate of drug-likeness (QED) is 0.482. The van der Waals surface area contributed by atoms with Crippen LogP contribution in [0.25, 0.3) is 0 Å². The molecule has 0 unspecified atom stereocenters. The van der Waals surface area contributed by atoms with Gasteiger partial charge < -0.3 is 15.5 Å². The van der Waals surface area contributed by atoms with Crippen LogP contribution in [0.2, 0.25) is 0 Å².